The maximum Gasteiger partial charge on any atom is 0.119 e. The standard InChI is InChI=1S/C23H33NO2/c1-4-7-18-25-22-13-9-20(10-14-22)24(17-6-3)21-11-15-23(16-12-21)26-19-8-5-2/h9-16H,4-8,17-19H2,1-3H3. The molecule has 0 fully saturated rings. The van der Waals surface area contributed by atoms with Gasteiger partial charge in [0.25, 0.3) is 0 Å². The van der Waals surface area contributed by atoms with Gasteiger partial charge in [-0.05, 0) is 67.8 Å². The van der Waals surface area contributed by atoms with Crippen LogP contribution in [0.2, 0.25) is 0 Å². The smallest absolute Gasteiger partial charge is 0.119 e. The van der Waals surface area contributed by atoms with E-state index in [4.69, 9.17) is 9.47 Å². The molecule has 0 aliphatic heterocycles. The molecule has 142 valence electrons. The summed E-state index contributed by atoms with van der Waals surface area (Å²) in [7, 11) is 0. The van der Waals surface area contributed by atoms with Crippen LogP contribution in [0.4, 0.5) is 11.4 Å². The summed E-state index contributed by atoms with van der Waals surface area (Å²) < 4.78 is 11.5. The van der Waals surface area contributed by atoms with Crippen molar-refractivity contribution in [3.63, 3.8) is 0 Å². The third kappa shape index (κ3) is 6.29. The molecule has 0 unspecified atom stereocenters. The molecular weight excluding hydrogens is 322 g/mol. The maximum atomic E-state index is 5.77. The number of benzene rings is 2. The number of hydrogen-bond donors (Lipinski definition) is 0. The van der Waals surface area contributed by atoms with Crippen molar-refractivity contribution in [2.75, 3.05) is 24.7 Å². The van der Waals surface area contributed by atoms with Gasteiger partial charge < -0.3 is 14.4 Å². The van der Waals surface area contributed by atoms with Gasteiger partial charge in [-0.2, -0.15) is 0 Å². The van der Waals surface area contributed by atoms with Crippen LogP contribution in [0, 0.1) is 0 Å². The van der Waals surface area contributed by atoms with Crippen LogP contribution in [-0.2, 0) is 0 Å². The maximum absolute atomic E-state index is 5.77. The minimum absolute atomic E-state index is 0.786. The minimum atomic E-state index is 0.786. The number of unbranched alkanes of at least 4 members (excludes halogenated alkanes) is 2. The molecule has 0 aliphatic carbocycles. The van der Waals surface area contributed by atoms with Crippen LogP contribution in [0.1, 0.15) is 52.9 Å². The molecule has 3 heteroatoms. The van der Waals surface area contributed by atoms with Crippen molar-refractivity contribution < 1.29 is 9.47 Å². The molecule has 3 nitrogen and oxygen atoms in total. The van der Waals surface area contributed by atoms with Crippen molar-refractivity contribution in [2.45, 2.75) is 52.9 Å². The first-order valence-corrected chi connectivity index (χ1v) is 10.0. The molecule has 0 bridgehead atoms. The van der Waals surface area contributed by atoms with E-state index < -0.39 is 0 Å². The van der Waals surface area contributed by atoms with E-state index in [1.807, 2.05) is 0 Å². The van der Waals surface area contributed by atoms with Gasteiger partial charge in [0.05, 0.1) is 13.2 Å². The predicted molar refractivity (Wildman–Crippen MR) is 111 cm³/mol. The second kappa shape index (κ2) is 11.5. The quantitative estimate of drug-likeness (QED) is 0.401. The summed E-state index contributed by atoms with van der Waals surface area (Å²) in [5.41, 5.74) is 2.38. The average Bonchev–Trinajstić information content (AvgIpc) is 2.68. The van der Waals surface area contributed by atoms with E-state index in [0.29, 0.717) is 0 Å². The van der Waals surface area contributed by atoms with E-state index >= 15 is 0 Å². The number of ether oxygens (including phenoxy) is 2. The molecular formula is C23H33NO2. The van der Waals surface area contributed by atoms with Crippen LogP contribution in [0.3, 0.4) is 0 Å². The first kappa shape index (κ1) is 20.2. The van der Waals surface area contributed by atoms with Gasteiger partial charge >= 0.3 is 0 Å². The highest BCUT2D eigenvalue weighted by Crippen LogP contribution is 2.29. The van der Waals surface area contributed by atoms with Crippen molar-refractivity contribution in [2.24, 2.45) is 0 Å². The van der Waals surface area contributed by atoms with Gasteiger partial charge in [-0.25, -0.2) is 0 Å². The fourth-order valence-electron chi connectivity index (χ4n) is 2.74. The Labute approximate surface area is 158 Å². The number of hydrogen-bond acceptors (Lipinski definition) is 3. The monoisotopic (exact) mass is 355 g/mol. The van der Waals surface area contributed by atoms with E-state index in [1.165, 1.54) is 11.4 Å². The zero-order valence-corrected chi connectivity index (χ0v) is 16.5. The highest BCUT2D eigenvalue weighted by molar-refractivity contribution is 5.64. The summed E-state index contributed by atoms with van der Waals surface area (Å²) >= 11 is 0. The first-order valence-electron chi connectivity index (χ1n) is 10.0. The van der Waals surface area contributed by atoms with E-state index in [9.17, 15) is 0 Å². The highest BCUT2D eigenvalue weighted by atomic mass is 16.5. The van der Waals surface area contributed by atoms with E-state index in [2.05, 4.69) is 74.2 Å². The Morgan fingerprint density at radius 1 is 0.615 bits per heavy atom. The zero-order chi connectivity index (χ0) is 18.6. The third-order valence-electron chi connectivity index (χ3n) is 4.28. The molecule has 0 aliphatic rings. The van der Waals surface area contributed by atoms with E-state index in [1.54, 1.807) is 0 Å². The molecule has 2 rings (SSSR count). The van der Waals surface area contributed by atoms with Gasteiger partial charge in [0.15, 0.2) is 0 Å². The Hall–Kier alpha value is -2.16. The molecule has 0 aromatic heterocycles. The molecule has 2 aromatic carbocycles. The van der Waals surface area contributed by atoms with Crippen molar-refractivity contribution in [3.8, 4) is 11.5 Å². The second-order valence-electron chi connectivity index (χ2n) is 6.54. The second-order valence-corrected chi connectivity index (χ2v) is 6.54. The lowest BCUT2D eigenvalue weighted by molar-refractivity contribution is 0.309. The molecule has 0 amide bonds. The summed E-state index contributed by atoms with van der Waals surface area (Å²) in [4.78, 5) is 2.34. The zero-order valence-electron chi connectivity index (χ0n) is 16.5. The Bertz CT molecular complexity index is 554. The van der Waals surface area contributed by atoms with Crippen LogP contribution in [0.15, 0.2) is 48.5 Å². The van der Waals surface area contributed by atoms with Gasteiger partial charge in [-0.3, -0.25) is 0 Å². The SMILES string of the molecule is CCCCOc1ccc(N(CCC)c2ccc(OCCCC)cc2)cc1. The molecule has 0 saturated carbocycles. The van der Waals surface area contributed by atoms with Gasteiger partial charge in [0, 0.05) is 17.9 Å². The number of rotatable bonds is 12. The Kier molecular flexibility index (Phi) is 8.88. The summed E-state index contributed by atoms with van der Waals surface area (Å²) in [5.74, 6) is 1.89. The molecule has 0 spiro atoms. The highest BCUT2D eigenvalue weighted by Gasteiger charge is 2.09. The summed E-state index contributed by atoms with van der Waals surface area (Å²) in [6.07, 6.45) is 5.58. The normalized spacial score (nSPS) is 10.6. The lowest BCUT2D eigenvalue weighted by Crippen LogP contribution is -2.17. The molecule has 0 saturated heterocycles. The largest absolute Gasteiger partial charge is 0.494 e. The first-order chi connectivity index (χ1) is 12.8. The van der Waals surface area contributed by atoms with Crippen LogP contribution in [0.25, 0.3) is 0 Å². The Balaban J connectivity index is 2.05. The van der Waals surface area contributed by atoms with E-state index in [-0.39, 0.29) is 0 Å². The average molecular weight is 356 g/mol. The van der Waals surface area contributed by atoms with Crippen molar-refractivity contribution in [1.29, 1.82) is 0 Å². The predicted octanol–water partition coefficient (Wildman–Crippen LogP) is 6.59. The molecule has 0 atom stereocenters. The minimum Gasteiger partial charge on any atom is -0.494 e. The fourth-order valence-corrected chi connectivity index (χ4v) is 2.74. The van der Waals surface area contributed by atoms with Gasteiger partial charge in [-0.15, -0.1) is 0 Å². The van der Waals surface area contributed by atoms with Gasteiger partial charge in [-0.1, -0.05) is 33.6 Å². The van der Waals surface area contributed by atoms with Gasteiger partial charge in [0.2, 0.25) is 0 Å². The van der Waals surface area contributed by atoms with Crippen LogP contribution in [0.5, 0.6) is 11.5 Å². The molecule has 26 heavy (non-hydrogen) atoms. The number of nitrogens with zero attached hydrogens (tertiary/aromatic N) is 1. The Morgan fingerprint density at radius 2 is 1.04 bits per heavy atom. The fraction of sp³-hybridized carbons (Fsp3) is 0.478. The molecule has 0 N–H and O–H groups in total. The molecule has 0 heterocycles. The topological polar surface area (TPSA) is 21.7 Å². The van der Waals surface area contributed by atoms with Gasteiger partial charge in [0.1, 0.15) is 11.5 Å². The lowest BCUT2D eigenvalue weighted by atomic mass is 10.2. The van der Waals surface area contributed by atoms with Crippen LogP contribution >= 0.6 is 0 Å². The molecule has 2 aromatic rings. The summed E-state index contributed by atoms with van der Waals surface area (Å²) in [6, 6.07) is 16.8. The van der Waals surface area contributed by atoms with Crippen molar-refractivity contribution in [3.05, 3.63) is 48.5 Å². The van der Waals surface area contributed by atoms with Crippen molar-refractivity contribution in [1.82, 2.24) is 0 Å². The number of anilines is 2. The van der Waals surface area contributed by atoms with Crippen LogP contribution in [-0.4, -0.2) is 19.8 Å². The van der Waals surface area contributed by atoms with E-state index in [0.717, 1.165) is 63.4 Å². The lowest BCUT2D eigenvalue weighted by Gasteiger charge is -2.25. The van der Waals surface area contributed by atoms with Crippen molar-refractivity contribution >= 4 is 11.4 Å². The third-order valence-corrected chi connectivity index (χ3v) is 4.28. The summed E-state index contributed by atoms with van der Waals surface area (Å²) in [5, 5.41) is 0. The summed E-state index contributed by atoms with van der Waals surface area (Å²) in [6.45, 7) is 9.11. The Morgan fingerprint density at radius 3 is 1.38 bits per heavy atom. The van der Waals surface area contributed by atoms with Crippen LogP contribution < -0.4 is 14.4 Å². The molecule has 0 radical (unpaired) electrons.